The molecule has 0 unspecified atom stereocenters. The lowest BCUT2D eigenvalue weighted by atomic mass is 10.3. The van der Waals surface area contributed by atoms with Gasteiger partial charge in [-0.3, -0.25) is 4.99 Å². The molecule has 0 saturated carbocycles. The molecule has 0 bridgehead atoms. The van der Waals surface area contributed by atoms with Crippen molar-refractivity contribution in [1.29, 1.82) is 0 Å². The minimum atomic E-state index is -0.682. The summed E-state index contributed by atoms with van der Waals surface area (Å²) in [6.07, 6.45) is 2.13. The molecular formula is C9H19AlN2. The van der Waals surface area contributed by atoms with Crippen molar-refractivity contribution in [2.75, 3.05) is 14.1 Å². The SMILES string of the molecule is CN=C(C)/C=C(/C)[N](C)[Al]([CH3])[CH3]. The Hall–Kier alpha value is -0.258. The molecule has 68 valence electrons. The molecule has 0 aromatic carbocycles. The van der Waals surface area contributed by atoms with Crippen molar-refractivity contribution < 1.29 is 0 Å². The van der Waals surface area contributed by atoms with Gasteiger partial charge in [0.2, 0.25) is 0 Å². The molecule has 0 aliphatic rings. The van der Waals surface area contributed by atoms with Crippen LogP contribution in [0.1, 0.15) is 13.8 Å². The molecular weight excluding hydrogens is 163 g/mol. The Kier molecular flexibility index (Phi) is 5.28. The van der Waals surface area contributed by atoms with Crippen LogP contribution >= 0.6 is 0 Å². The molecule has 0 fully saturated rings. The number of hydrogen-bond acceptors (Lipinski definition) is 2. The standard InChI is InChI=1S/C7H13N2.2CH3.Al/c1-6(8-3)5-7(2)9-4;;;/h5H,1-4H3;2*1H3;/q-1;;;+1/b6-5-,9-7?;;;. The van der Waals surface area contributed by atoms with Crippen molar-refractivity contribution in [2.45, 2.75) is 25.4 Å². The first-order chi connectivity index (χ1) is 5.49. The van der Waals surface area contributed by atoms with E-state index >= 15 is 0 Å². The van der Waals surface area contributed by atoms with Crippen molar-refractivity contribution in [3.05, 3.63) is 11.8 Å². The van der Waals surface area contributed by atoms with Gasteiger partial charge in [-0.25, -0.2) is 0 Å². The Morgan fingerprint density at radius 2 is 1.83 bits per heavy atom. The lowest BCUT2D eigenvalue weighted by Gasteiger charge is -2.22. The number of aliphatic imine (C=N–C) groups is 1. The van der Waals surface area contributed by atoms with Gasteiger partial charge in [-0.05, 0) is 32.7 Å². The van der Waals surface area contributed by atoms with Gasteiger partial charge in [-0.1, -0.05) is 11.6 Å². The monoisotopic (exact) mass is 182 g/mol. The minimum absolute atomic E-state index is 0.682. The second-order valence-electron chi connectivity index (χ2n) is 3.36. The zero-order valence-electron chi connectivity index (χ0n) is 9.05. The Morgan fingerprint density at radius 3 is 2.17 bits per heavy atom. The third-order valence-corrected chi connectivity index (χ3v) is 4.06. The third kappa shape index (κ3) is 3.94. The van der Waals surface area contributed by atoms with Crippen molar-refractivity contribution >= 4 is 20.1 Å². The number of nitrogens with zero attached hydrogens (tertiary/aromatic N) is 2. The fourth-order valence-corrected chi connectivity index (χ4v) is 1.77. The smallest absolute Gasteiger partial charge is 0.406 e. The summed E-state index contributed by atoms with van der Waals surface area (Å²) in [4.78, 5) is 4.10. The van der Waals surface area contributed by atoms with Gasteiger partial charge in [0.05, 0.1) is 0 Å². The van der Waals surface area contributed by atoms with Crippen LogP contribution in [0.4, 0.5) is 0 Å². The molecule has 0 heterocycles. The first kappa shape index (κ1) is 11.7. The van der Waals surface area contributed by atoms with Crippen LogP contribution < -0.4 is 0 Å². The van der Waals surface area contributed by atoms with Crippen molar-refractivity contribution in [3.8, 4) is 0 Å². The molecule has 0 N–H and O–H groups in total. The molecule has 2 nitrogen and oxygen atoms in total. The molecule has 0 rings (SSSR count). The Morgan fingerprint density at radius 1 is 1.33 bits per heavy atom. The van der Waals surface area contributed by atoms with E-state index in [-0.39, 0.29) is 0 Å². The van der Waals surface area contributed by atoms with E-state index in [1.807, 2.05) is 14.0 Å². The van der Waals surface area contributed by atoms with E-state index in [0.29, 0.717) is 0 Å². The van der Waals surface area contributed by atoms with Gasteiger partial charge >= 0.3 is 14.4 Å². The van der Waals surface area contributed by atoms with Gasteiger partial charge in [-0.2, -0.15) is 0 Å². The normalized spacial score (nSPS) is 13.2. The maximum Gasteiger partial charge on any atom is 0.406 e. The summed E-state index contributed by atoms with van der Waals surface area (Å²) in [6.45, 7) is 4.17. The highest BCUT2D eigenvalue weighted by Crippen LogP contribution is 2.03. The van der Waals surface area contributed by atoms with Gasteiger partial charge in [0.25, 0.3) is 0 Å². The molecule has 12 heavy (non-hydrogen) atoms. The summed E-state index contributed by atoms with van der Waals surface area (Å²) in [5.74, 6) is 4.63. The molecule has 0 aromatic rings. The predicted octanol–water partition coefficient (Wildman–Crippen LogP) is 2.16. The predicted molar refractivity (Wildman–Crippen MR) is 58.0 cm³/mol. The fraction of sp³-hybridized carbons (Fsp3) is 0.667. The highest BCUT2D eigenvalue weighted by Gasteiger charge is 2.10. The maximum absolute atomic E-state index is 4.10. The molecule has 0 spiro atoms. The Balaban J connectivity index is 4.37. The van der Waals surface area contributed by atoms with Crippen LogP contribution in [-0.2, 0) is 0 Å². The summed E-state index contributed by atoms with van der Waals surface area (Å²) in [6, 6.07) is 0. The molecule has 3 heteroatoms. The molecule has 0 radical (unpaired) electrons. The summed E-state index contributed by atoms with van der Waals surface area (Å²) in [5.41, 5.74) is 2.41. The summed E-state index contributed by atoms with van der Waals surface area (Å²) in [5, 5.41) is 0. The van der Waals surface area contributed by atoms with Gasteiger partial charge < -0.3 is 3.88 Å². The number of allylic oxidation sites excluding steroid dienone is 2. The van der Waals surface area contributed by atoms with Crippen LogP contribution in [0.3, 0.4) is 0 Å². The van der Waals surface area contributed by atoms with Crippen molar-refractivity contribution in [3.63, 3.8) is 0 Å². The van der Waals surface area contributed by atoms with Gasteiger partial charge in [0.1, 0.15) is 0 Å². The van der Waals surface area contributed by atoms with E-state index < -0.39 is 14.4 Å². The summed E-state index contributed by atoms with van der Waals surface area (Å²) < 4.78 is 2.37. The fourth-order valence-electron chi connectivity index (χ4n) is 0.876. The number of rotatable bonds is 3. The molecule has 0 amide bonds. The van der Waals surface area contributed by atoms with Crippen LogP contribution in [0.5, 0.6) is 0 Å². The number of hydrogen-bond donors (Lipinski definition) is 0. The average molecular weight is 182 g/mol. The van der Waals surface area contributed by atoms with Crippen LogP contribution in [0.15, 0.2) is 16.8 Å². The van der Waals surface area contributed by atoms with Gasteiger partial charge in [0.15, 0.2) is 0 Å². The highest BCUT2D eigenvalue weighted by molar-refractivity contribution is 6.53. The van der Waals surface area contributed by atoms with E-state index in [4.69, 9.17) is 0 Å². The Labute approximate surface area is 80.6 Å². The molecule has 0 aromatic heterocycles. The maximum atomic E-state index is 4.10. The van der Waals surface area contributed by atoms with E-state index in [9.17, 15) is 0 Å². The first-order valence-electron chi connectivity index (χ1n) is 4.33. The summed E-state index contributed by atoms with van der Waals surface area (Å²) >= 11 is -0.682. The average Bonchev–Trinajstić information content (AvgIpc) is 2.02. The van der Waals surface area contributed by atoms with Gasteiger partial charge in [-0.15, -0.1) is 0 Å². The molecule has 0 saturated heterocycles. The second-order valence-corrected chi connectivity index (χ2v) is 6.32. The molecule has 0 aliphatic heterocycles. The lowest BCUT2D eigenvalue weighted by Crippen LogP contribution is -2.28. The second kappa shape index (κ2) is 5.40. The zero-order valence-corrected chi connectivity index (χ0v) is 10.2. The first-order valence-corrected chi connectivity index (χ1v) is 7.16. The van der Waals surface area contributed by atoms with E-state index in [1.165, 1.54) is 5.70 Å². The summed E-state index contributed by atoms with van der Waals surface area (Å²) in [7, 11) is 3.98. The van der Waals surface area contributed by atoms with Crippen LogP contribution in [0, 0.1) is 0 Å². The van der Waals surface area contributed by atoms with E-state index in [0.717, 1.165) is 5.71 Å². The van der Waals surface area contributed by atoms with Crippen LogP contribution in [-0.4, -0.2) is 38.1 Å². The zero-order chi connectivity index (χ0) is 9.72. The van der Waals surface area contributed by atoms with Crippen molar-refractivity contribution in [2.24, 2.45) is 4.99 Å². The van der Waals surface area contributed by atoms with E-state index in [1.54, 1.807) is 0 Å². The molecule has 0 atom stereocenters. The van der Waals surface area contributed by atoms with E-state index in [2.05, 4.69) is 40.5 Å². The largest absolute Gasteiger partial charge is 0.469 e. The topological polar surface area (TPSA) is 15.6 Å². The third-order valence-electron chi connectivity index (χ3n) is 2.10. The molecule has 0 aliphatic carbocycles. The minimum Gasteiger partial charge on any atom is -0.469 e. The van der Waals surface area contributed by atoms with Crippen LogP contribution in [0.25, 0.3) is 0 Å². The quantitative estimate of drug-likeness (QED) is 0.482. The lowest BCUT2D eigenvalue weighted by molar-refractivity contribution is 0.652. The van der Waals surface area contributed by atoms with Crippen molar-refractivity contribution in [1.82, 2.24) is 3.88 Å². The van der Waals surface area contributed by atoms with Gasteiger partial charge in [0, 0.05) is 12.8 Å². The Bertz CT molecular complexity index is 195. The highest BCUT2D eigenvalue weighted by atomic mass is 27.2. The van der Waals surface area contributed by atoms with Crippen LogP contribution in [0.2, 0.25) is 11.6 Å².